The molecule has 11 heteroatoms. The smallest absolute Gasteiger partial charge is 0.406 e. The Hall–Kier alpha value is -3.08. The Balaban J connectivity index is 1.76. The first-order chi connectivity index (χ1) is 14.1. The number of halogens is 3. The van der Waals surface area contributed by atoms with Crippen LogP contribution in [0.15, 0.2) is 64.4 Å². The maximum Gasteiger partial charge on any atom is 0.406 e. The van der Waals surface area contributed by atoms with E-state index < -0.39 is 34.2 Å². The maximum atomic E-state index is 12.7. The van der Waals surface area contributed by atoms with Gasteiger partial charge in [0.15, 0.2) is 15.6 Å². The molecule has 2 heterocycles. The number of hydrogen-bond donors (Lipinski definition) is 0. The van der Waals surface area contributed by atoms with Crippen molar-refractivity contribution in [1.82, 2.24) is 14.5 Å². The minimum atomic E-state index is -4.43. The Morgan fingerprint density at radius 2 is 1.90 bits per heavy atom. The fourth-order valence-electron chi connectivity index (χ4n) is 2.84. The summed E-state index contributed by atoms with van der Waals surface area (Å²) in [6.07, 6.45) is -0.852. The summed E-state index contributed by atoms with van der Waals surface area (Å²) < 4.78 is 69.3. The van der Waals surface area contributed by atoms with Crippen LogP contribution in [-0.2, 0) is 28.7 Å². The third-order valence-corrected chi connectivity index (χ3v) is 5.95. The highest BCUT2D eigenvalue weighted by molar-refractivity contribution is 7.90. The number of rotatable bonds is 7. The van der Waals surface area contributed by atoms with E-state index >= 15 is 0 Å². The lowest BCUT2D eigenvalue weighted by Crippen LogP contribution is -2.29. The first kappa shape index (κ1) is 21.6. The fourth-order valence-corrected chi connectivity index (χ4v) is 4.21. The van der Waals surface area contributed by atoms with Crippen LogP contribution >= 0.6 is 0 Å². The van der Waals surface area contributed by atoms with Crippen LogP contribution in [0.5, 0.6) is 0 Å². The molecular formula is C19H18F3N3O4S. The molecule has 2 aromatic heterocycles. The number of imidazole rings is 1. The summed E-state index contributed by atoms with van der Waals surface area (Å²) in [4.78, 5) is 17.8. The summed E-state index contributed by atoms with van der Waals surface area (Å²) in [7, 11) is -2.35. The van der Waals surface area contributed by atoms with Crippen LogP contribution in [-0.4, -0.2) is 42.0 Å². The van der Waals surface area contributed by atoms with Crippen LogP contribution in [0.1, 0.15) is 21.9 Å². The topological polar surface area (TPSA) is 85.4 Å². The minimum absolute atomic E-state index is 0.0354. The summed E-state index contributed by atoms with van der Waals surface area (Å²) in [5.74, 6) is -1.27. The Labute approximate surface area is 170 Å². The number of hydrogen-bond acceptors (Lipinski definition) is 5. The van der Waals surface area contributed by atoms with Gasteiger partial charge in [-0.15, -0.1) is 0 Å². The number of furan rings is 1. The third-order valence-electron chi connectivity index (χ3n) is 4.27. The van der Waals surface area contributed by atoms with Gasteiger partial charge in [0.05, 0.1) is 23.5 Å². The first-order valence-electron chi connectivity index (χ1n) is 8.73. The van der Waals surface area contributed by atoms with Crippen molar-refractivity contribution in [2.45, 2.75) is 29.9 Å². The monoisotopic (exact) mass is 441 g/mol. The highest BCUT2D eigenvalue weighted by atomic mass is 32.2. The van der Waals surface area contributed by atoms with E-state index in [1.807, 2.05) is 0 Å². The van der Waals surface area contributed by atoms with Crippen LogP contribution < -0.4 is 0 Å². The van der Waals surface area contributed by atoms with Crippen LogP contribution in [0, 0.1) is 0 Å². The zero-order chi connectivity index (χ0) is 21.9. The number of nitrogens with zero attached hydrogens (tertiary/aromatic N) is 3. The zero-order valence-corrected chi connectivity index (χ0v) is 16.7. The van der Waals surface area contributed by atoms with Crippen molar-refractivity contribution < 1.29 is 30.8 Å². The highest BCUT2D eigenvalue weighted by Crippen LogP contribution is 2.22. The van der Waals surface area contributed by atoms with E-state index in [1.54, 1.807) is 18.2 Å². The van der Waals surface area contributed by atoms with Crippen LogP contribution in [0.2, 0.25) is 0 Å². The molecule has 0 atom stereocenters. The molecule has 1 amide bonds. The summed E-state index contributed by atoms with van der Waals surface area (Å²) in [6, 6.07) is 9.14. The van der Waals surface area contributed by atoms with Crippen molar-refractivity contribution in [2.75, 3.05) is 7.05 Å². The molecule has 0 radical (unpaired) electrons. The standard InChI is InChI=1S/C19H18F3N3O4S/c1-24(11-16-23-8-9-25(16)13-19(20,21)22)18(26)17-14(7-10-29-17)12-30(27,28)15-5-3-2-4-6-15/h2-10H,11-13H2,1H3. The van der Waals surface area contributed by atoms with E-state index in [2.05, 4.69) is 4.98 Å². The van der Waals surface area contributed by atoms with Crippen LogP contribution in [0.3, 0.4) is 0 Å². The lowest BCUT2D eigenvalue weighted by Gasteiger charge is -2.18. The van der Waals surface area contributed by atoms with E-state index in [-0.39, 0.29) is 28.6 Å². The summed E-state index contributed by atoms with van der Waals surface area (Å²) >= 11 is 0. The van der Waals surface area contributed by atoms with Gasteiger partial charge in [-0.3, -0.25) is 4.79 Å². The van der Waals surface area contributed by atoms with Gasteiger partial charge in [0.25, 0.3) is 5.91 Å². The minimum Gasteiger partial charge on any atom is -0.459 e. The molecule has 0 unspecified atom stereocenters. The van der Waals surface area contributed by atoms with E-state index in [0.717, 1.165) is 9.47 Å². The van der Waals surface area contributed by atoms with Gasteiger partial charge in [-0.05, 0) is 18.2 Å². The van der Waals surface area contributed by atoms with Crippen molar-refractivity contribution in [3.05, 3.63) is 72.2 Å². The number of alkyl halides is 3. The lowest BCUT2D eigenvalue weighted by atomic mass is 10.2. The quantitative estimate of drug-likeness (QED) is 0.562. The average molecular weight is 441 g/mol. The summed E-state index contributed by atoms with van der Waals surface area (Å²) in [6.45, 7) is -1.45. The second-order valence-electron chi connectivity index (χ2n) is 6.59. The largest absolute Gasteiger partial charge is 0.459 e. The van der Waals surface area contributed by atoms with Gasteiger partial charge in [0, 0.05) is 25.0 Å². The molecule has 0 saturated carbocycles. The molecule has 0 N–H and O–H groups in total. The molecule has 30 heavy (non-hydrogen) atoms. The molecule has 1 aromatic carbocycles. The normalized spacial score (nSPS) is 12.1. The number of aromatic nitrogens is 2. The molecule has 0 bridgehead atoms. The first-order valence-corrected chi connectivity index (χ1v) is 10.4. The molecule has 0 spiro atoms. The van der Waals surface area contributed by atoms with Crippen LogP contribution in [0.4, 0.5) is 13.2 Å². The fraction of sp³-hybridized carbons (Fsp3) is 0.263. The molecule has 0 aliphatic heterocycles. The van der Waals surface area contributed by atoms with Crippen molar-refractivity contribution in [3.8, 4) is 0 Å². The average Bonchev–Trinajstić information content (AvgIpc) is 3.30. The second-order valence-corrected chi connectivity index (χ2v) is 8.58. The van der Waals surface area contributed by atoms with Gasteiger partial charge in [-0.2, -0.15) is 13.2 Å². The number of carbonyl (C=O) groups is 1. The molecule has 0 aliphatic rings. The van der Waals surface area contributed by atoms with Crippen molar-refractivity contribution >= 4 is 15.7 Å². The molecule has 3 rings (SSSR count). The number of benzene rings is 1. The highest BCUT2D eigenvalue weighted by Gasteiger charge is 2.30. The number of amides is 1. The van der Waals surface area contributed by atoms with Gasteiger partial charge in [-0.1, -0.05) is 18.2 Å². The molecule has 0 saturated heterocycles. The number of carbonyl (C=O) groups excluding carboxylic acids is 1. The molecule has 160 valence electrons. The lowest BCUT2D eigenvalue weighted by molar-refractivity contribution is -0.141. The van der Waals surface area contributed by atoms with E-state index in [4.69, 9.17) is 4.42 Å². The second kappa shape index (κ2) is 8.34. The van der Waals surface area contributed by atoms with Crippen LogP contribution in [0.25, 0.3) is 0 Å². The Bertz CT molecular complexity index is 1120. The van der Waals surface area contributed by atoms with Gasteiger partial charge in [-0.25, -0.2) is 13.4 Å². The molecule has 0 aliphatic carbocycles. The molecular weight excluding hydrogens is 423 g/mol. The predicted octanol–water partition coefficient (Wildman–Crippen LogP) is 3.28. The summed E-state index contributed by atoms with van der Waals surface area (Å²) in [5, 5.41) is 0. The van der Waals surface area contributed by atoms with Gasteiger partial charge < -0.3 is 13.9 Å². The maximum absolute atomic E-state index is 12.7. The predicted molar refractivity (Wildman–Crippen MR) is 100 cm³/mol. The molecule has 0 fully saturated rings. The van der Waals surface area contributed by atoms with Gasteiger partial charge in [0.1, 0.15) is 12.4 Å². The van der Waals surface area contributed by atoms with E-state index in [1.165, 1.54) is 43.9 Å². The molecule has 3 aromatic rings. The van der Waals surface area contributed by atoms with Crippen molar-refractivity contribution in [1.29, 1.82) is 0 Å². The van der Waals surface area contributed by atoms with E-state index in [0.29, 0.717) is 0 Å². The molecule has 7 nitrogen and oxygen atoms in total. The Morgan fingerprint density at radius 3 is 2.57 bits per heavy atom. The Kier molecular flexibility index (Phi) is 6.01. The summed E-state index contributed by atoms with van der Waals surface area (Å²) in [5.41, 5.74) is 0.161. The van der Waals surface area contributed by atoms with E-state index in [9.17, 15) is 26.4 Å². The Morgan fingerprint density at radius 1 is 1.20 bits per heavy atom. The van der Waals surface area contributed by atoms with Gasteiger partial charge in [0.2, 0.25) is 0 Å². The van der Waals surface area contributed by atoms with Gasteiger partial charge >= 0.3 is 6.18 Å². The third kappa shape index (κ3) is 5.09. The number of sulfone groups is 1. The van der Waals surface area contributed by atoms with Crippen molar-refractivity contribution in [2.24, 2.45) is 0 Å². The zero-order valence-electron chi connectivity index (χ0n) is 15.8. The SMILES string of the molecule is CN(Cc1nccn1CC(F)(F)F)C(=O)c1occc1CS(=O)(=O)c1ccccc1. The van der Waals surface area contributed by atoms with Crippen molar-refractivity contribution in [3.63, 3.8) is 0 Å².